The smallest absolute Gasteiger partial charge is 0.267 e. The quantitative estimate of drug-likeness (QED) is 0.175. The number of amides is 4. The Morgan fingerprint density at radius 1 is 0.682 bits per heavy atom. The molecule has 2 aliphatic rings. The molecule has 0 unspecified atom stereocenters. The third-order valence-electron chi connectivity index (χ3n) is 6.39. The summed E-state index contributed by atoms with van der Waals surface area (Å²) in [5.41, 5.74) is 0. The van der Waals surface area contributed by atoms with Crippen molar-refractivity contribution in [2.24, 2.45) is 0 Å². The summed E-state index contributed by atoms with van der Waals surface area (Å²) >= 11 is 15.7. The Morgan fingerprint density at radius 3 is 1.48 bits per heavy atom. The molecule has 2 fully saturated rings. The number of rotatable bonds is 16. The summed E-state index contributed by atoms with van der Waals surface area (Å²) < 4.78 is 0.651. The van der Waals surface area contributed by atoms with Gasteiger partial charge in [0, 0.05) is 38.8 Å². The number of unbranched alkanes of at least 4 members (excludes halogenated alkanes) is 2. The Morgan fingerprint density at radius 2 is 1.09 bits per heavy atom. The second kappa shape index (κ2) is 16.8. The molecule has 0 saturated carbocycles. The van der Waals surface area contributed by atoms with Gasteiger partial charge in [-0.25, -0.2) is 0 Å². The van der Waals surface area contributed by atoms with Gasteiger partial charge in [0.05, 0.1) is 9.81 Å². The predicted molar refractivity (Wildman–Crippen MR) is 184 cm³/mol. The minimum absolute atomic E-state index is 0.172. The van der Waals surface area contributed by atoms with Crippen LogP contribution in [-0.2, 0) is 32.0 Å². The van der Waals surface area contributed by atoms with E-state index in [0.717, 1.165) is 72.1 Å². The van der Waals surface area contributed by atoms with Gasteiger partial charge in [0.2, 0.25) is 22.1 Å². The van der Waals surface area contributed by atoms with E-state index in [0.29, 0.717) is 31.7 Å². The van der Waals surface area contributed by atoms with Crippen molar-refractivity contribution < 1.29 is 19.2 Å². The Kier molecular flexibility index (Phi) is 13.2. The first-order valence-corrected chi connectivity index (χ1v) is 18.3. The van der Waals surface area contributed by atoms with Crippen LogP contribution in [0.4, 0.5) is 10.3 Å². The van der Waals surface area contributed by atoms with E-state index >= 15 is 0 Å². The zero-order valence-corrected chi connectivity index (χ0v) is 29.2. The van der Waals surface area contributed by atoms with E-state index in [1.807, 2.05) is 0 Å². The van der Waals surface area contributed by atoms with Crippen LogP contribution < -0.4 is 10.6 Å². The number of aryl methyl sites for hydroxylation is 2. The maximum atomic E-state index is 13.2. The standard InChI is InChI=1S/C26H32N8O4S6/c1-3-5-11-17-29-31-23(41-17)27-15(35)9-7-13-33-21(37)19(43-25(33)39)20-22(38)34(26(40)44-20)14-8-10-16(36)28-24-32-30-18(42-24)12-6-4-2/h3-14H2,1-2H3,(H,27,31,35)(H,28,32,36)/b20-19+. The molecular weight excluding hydrogens is 681 g/mol. The van der Waals surface area contributed by atoms with Crippen LogP contribution in [0.5, 0.6) is 0 Å². The van der Waals surface area contributed by atoms with Crippen molar-refractivity contribution in [2.45, 2.75) is 78.1 Å². The van der Waals surface area contributed by atoms with Gasteiger partial charge in [-0.3, -0.25) is 29.0 Å². The van der Waals surface area contributed by atoms with Gasteiger partial charge in [-0.05, 0) is 25.7 Å². The van der Waals surface area contributed by atoms with E-state index in [4.69, 9.17) is 24.4 Å². The highest BCUT2D eigenvalue weighted by Crippen LogP contribution is 2.42. The summed E-state index contributed by atoms with van der Waals surface area (Å²) in [6.45, 7) is 4.68. The minimum Gasteiger partial charge on any atom is -0.301 e. The number of nitrogens with zero attached hydrogens (tertiary/aromatic N) is 6. The molecule has 44 heavy (non-hydrogen) atoms. The molecule has 0 aromatic carbocycles. The lowest BCUT2D eigenvalue weighted by atomic mass is 10.2. The monoisotopic (exact) mass is 712 g/mol. The van der Waals surface area contributed by atoms with Crippen LogP contribution in [0.1, 0.15) is 75.2 Å². The van der Waals surface area contributed by atoms with Crippen molar-refractivity contribution in [3.05, 3.63) is 19.8 Å². The normalized spacial score (nSPS) is 16.9. The van der Waals surface area contributed by atoms with Crippen molar-refractivity contribution in [3.63, 3.8) is 0 Å². The number of thioether (sulfide) groups is 2. The van der Waals surface area contributed by atoms with Gasteiger partial charge in [0.1, 0.15) is 18.7 Å². The Bertz CT molecular complexity index is 1350. The molecule has 2 aliphatic heterocycles. The number of aromatic nitrogens is 4. The molecule has 0 bridgehead atoms. The molecule has 12 nitrogen and oxygen atoms in total. The van der Waals surface area contributed by atoms with Crippen LogP contribution in [0, 0.1) is 0 Å². The molecule has 0 aliphatic carbocycles. The number of nitrogens with one attached hydrogen (secondary N) is 2. The number of hydrogen-bond acceptors (Lipinski definition) is 14. The summed E-state index contributed by atoms with van der Waals surface area (Å²) in [5, 5.41) is 24.4. The third-order valence-corrected chi connectivity index (χ3v) is 11.2. The average Bonchev–Trinajstić information content (AvgIpc) is 3.76. The molecule has 4 heterocycles. The fourth-order valence-corrected chi connectivity index (χ4v) is 8.45. The zero-order valence-electron chi connectivity index (χ0n) is 24.3. The molecular formula is C26H32N8O4S6. The lowest BCUT2D eigenvalue weighted by molar-refractivity contribution is -0.124. The summed E-state index contributed by atoms with van der Waals surface area (Å²) in [7, 11) is 0. The van der Waals surface area contributed by atoms with E-state index < -0.39 is 0 Å². The van der Waals surface area contributed by atoms with E-state index in [-0.39, 0.29) is 59.4 Å². The van der Waals surface area contributed by atoms with E-state index in [1.54, 1.807) is 0 Å². The number of thiocarbonyl (C=S) groups is 2. The molecule has 236 valence electrons. The fourth-order valence-electron chi connectivity index (χ4n) is 4.08. The van der Waals surface area contributed by atoms with Gasteiger partial charge < -0.3 is 10.6 Å². The van der Waals surface area contributed by atoms with Crippen LogP contribution >= 0.6 is 70.6 Å². The Balaban J connectivity index is 1.23. The summed E-state index contributed by atoms with van der Waals surface area (Å²) in [4.78, 5) is 54.5. The molecule has 2 aromatic rings. The van der Waals surface area contributed by atoms with Crippen molar-refractivity contribution in [1.29, 1.82) is 0 Å². The maximum absolute atomic E-state index is 13.2. The number of carbonyl (C=O) groups is 4. The highest BCUT2D eigenvalue weighted by Gasteiger charge is 2.41. The second-order valence-electron chi connectivity index (χ2n) is 9.82. The van der Waals surface area contributed by atoms with Crippen molar-refractivity contribution in [2.75, 3.05) is 23.7 Å². The van der Waals surface area contributed by atoms with E-state index in [2.05, 4.69) is 44.9 Å². The molecule has 2 aromatic heterocycles. The predicted octanol–water partition coefficient (Wildman–Crippen LogP) is 5.14. The summed E-state index contributed by atoms with van der Waals surface area (Å²) in [5.74, 6) is -1.19. The van der Waals surface area contributed by atoms with Crippen molar-refractivity contribution in [1.82, 2.24) is 30.2 Å². The summed E-state index contributed by atoms with van der Waals surface area (Å²) in [6, 6.07) is 0. The van der Waals surface area contributed by atoms with E-state index in [1.165, 1.54) is 32.5 Å². The van der Waals surface area contributed by atoms with Crippen LogP contribution in [0.25, 0.3) is 0 Å². The lowest BCUT2D eigenvalue weighted by Gasteiger charge is -2.14. The zero-order chi connectivity index (χ0) is 31.6. The van der Waals surface area contributed by atoms with Crippen LogP contribution in [0.15, 0.2) is 9.81 Å². The molecule has 18 heteroatoms. The number of carbonyl (C=O) groups excluding carboxylic acids is 4. The van der Waals surface area contributed by atoms with Gasteiger partial charge in [-0.15, -0.1) is 20.4 Å². The Labute approximate surface area is 282 Å². The second-order valence-corrected chi connectivity index (χ2v) is 15.2. The molecule has 2 N–H and O–H groups in total. The molecule has 4 amide bonds. The topological polar surface area (TPSA) is 150 Å². The molecule has 4 rings (SSSR count). The van der Waals surface area contributed by atoms with Crippen LogP contribution in [-0.4, -0.2) is 75.6 Å². The SMILES string of the molecule is CCCCc1nnc(NC(=O)CCCN2C(=O)/C(=C3\SC(=S)N(CCCC(=O)Nc4nnc(CCCC)s4)C3=O)SC2=S)s1. The van der Waals surface area contributed by atoms with Gasteiger partial charge in [-0.2, -0.15) is 0 Å². The molecule has 0 atom stereocenters. The Hall–Kier alpha value is -2.38. The van der Waals surface area contributed by atoms with Crippen molar-refractivity contribution in [3.8, 4) is 0 Å². The third kappa shape index (κ3) is 9.32. The maximum Gasteiger partial charge on any atom is 0.267 e. The molecule has 0 spiro atoms. The fraction of sp³-hybridized carbons (Fsp3) is 0.538. The largest absolute Gasteiger partial charge is 0.301 e. The first-order chi connectivity index (χ1) is 21.2. The minimum atomic E-state index is -0.375. The highest BCUT2D eigenvalue weighted by molar-refractivity contribution is 8.29. The highest BCUT2D eigenvalue weighted by atomic mass is 32.2. The molecule has 0 radical (unpaired) electrons. The average molecular weight is 713 g/mol. The lowest BCUT2D eigenvalue weighted by Crippen LogP contribution is -2.31. The van der Waals surface area contributed by atoms with Crippen LogP contribution in [0.3, 0.4) is 0 Å². The van der Waals surface area contributed by atoms with Gasteiger partial charge in [0.25, 0.3) is 11.8 Å². The first-order valence-electron chi connectivity index (χ1n) is 14.3. The van der Waals surface area contributed by atoms with E-state index in [9.17, 15) is 19.2 Å². The molecule has 2 saturated heterocycles. The van der Waals surface area contributed by atoms with Gasteiger partial charge in [-0.1, -0.05) is 97.3 Å². The van der Waals surface area contributed by atoms with Gasteiger partial charge in [0.15, 0.2) is 0 Å². The van der Waals surface area contributed by atoms with Crippen molar-refractivity contribution >= 4 is 113 Å². The number of hydrogen-bond donors (Lipinski definition) is 2. The number of anilines is 2. The first kappa shape index (κ1) is 34.5. The van der Waals surface area contributed by atoms with Gasteiger partial charge >= 0.3 is 0 Å². The van der Waals surface area contributed by atoms with Crippen LogP contribution in [0.2, 0.25) is 0 Å². The summed E-state index contributed by atoms with van der Waals surface area (Å²) in [6.07, 6.45) is 6.92.